The van der Waals surface area contributed by atoms with Gasteiger partial charge in [0.2, 0.25) is 0 Å². The van der Waals surface area contributed by atoms with E-state index >= 15 is 0 Å². The Hall–Kier alpha value is -3.26. The summed E-state index contributed by atoms with van der Waals surface area (Å²) in [4.78, 5) is 26.9. The first-order valence-electron chi connectivity index (χ1n) is 9.32. The van der Waals surface area contributed by atoms with Crippen LogP contribution in [0, 0.1) is 0 Å². The maximum Gasteiger partial charge on any atom is 0.293 e. The van der Waals surface area contributed by atoms with Gasteiger partial charge in [0.1, 0.15) is 12.7 Å². The highest BCUT2D eigenvalue weighted by Gasteiger charge is 2.24. The van der Waals surface area contributed by atoms with Crippen LogP contribution in [0.2, 0.25) is 0 Å². The summed E-state index contributed by atoms with van der Waals surface area (Å²) in [5.41, 5.74) is 0.842. The lowest BCUT2D eigenvalue weighted by Gasteiger charge is -2.26. The maximum absolute atomic E-state index is 12.8. The van der Waals surface area contributed by atoms with Crippen molar-refractivity contribution < 1.29 is 23.5 Å². The number of para-hydroxylation sites is 3. The second-order valence-electron chi connectivity index (χ2n) is 6.69. The first kappa shape index (κ1) is 20.0. The number of amides is 2. The van der Waals surface area contributed by atoms with Crippen LogP contribution in [-0.4, -0.2) is 38.1 Å². The molecule has 0 aliphatic carbocycles. The number of ether oxygens (including phenoxy) is 2. The fourth-order valence-electron chi connectivity index (χ4n) is 3.13. The summed E-state index contributed by atoms with van der Waals surface area (Å²) < 4.78 is 17.3. The normalized spacial score (nSPS) is 14.8. The van der Waals surface area contributed by atoms with Gasteiger partial charge in [-0.2, -0.15) is 0 Å². The van der Waals surface area contributed by atoms with E-state index in [2.05, 4.69) is 21.2 Å². The van der Waals surface area contributed by atoms with E-state index in [4.69, 9.17) is 13.9 Å². The van der Waals surface area contributed by atoms with E-state index in [1.165, 1.54) is 4.90 Å². The minimum Gasteiger partial charge on any atom is -0.486 e. The molecule has 0 spiro atoms. The van der Waals surface area contributed by atoms with E-state index in [0.29, 0.717) is 34.0 Å². The number of fused-ring (bicyclic) bond motifs is 1. The number of hydrogen-bond acceptors (Lipinski definition) is 5. The molecule has 1 aromatic heterocycles. The Bertz CT molecular complexity index is 1080. The highest BCUT2D eigenvalue weighted by molar-refractivity contribution is 9.10. The topological polar surface area (TPSA) is 81.0 Å². The van der Waals surface area contributed by atoms with Crippen molar-refractivity contribution in [1.29, 1.82) is 0 Å². The van der Waals surface area contributed by atoms with Crippen LogP contribution in [0.3, 0.4) is 0 Å². The number of carbonyl (C=O) groups is 2. The lowest BCUT2D eigenvalue weighted by molar-refractivity contribution is 0.0789. The van der Waals surface area contributed by atoms with E-state index < -0.39 is 0 Å². The fraction of sp³-hybridized carbons (Fsp3) is 0.182. The van der Waals surface area contributed by atoms with Crippen molar-refractivity contribution in [3.05, 3.63) is 76.7 Å². The molecule has 0 fully saturated rings. The largest absolute Gasteiger partial charge is 0.486 e. The summed E-state index contributed by atoms with van der Waals surface area (Å²) in [6.07, 6.45) is -0.309. The number of hydrogen-bond donors (Lipinski definition) is 1. The quantitative estimate of drug-likeness (QED) is 0.611. The summed E-state index contributed by atoms with van der Waals surface area (Å²) >= 11 is 3.19. The molecule has 1 unspecified atom stereocenters. The second-order valence-corrected chi connectivity index (χ2v) is 7.47. The molecular formula is C22H19BrN2O5. The van der Waals surface area contributed by atoms with Gasteiger partial charge >= 0.3 is 0 Å². The van der Waals surface area contributed by atoms with Crippen molar-refractivity contribution >= 4 is 33.4 Å². The van der Waals surface area contributed by atoms with E-state index in [9.17, 15) is 9.59 Å². The summed E-state index contributed by atoms with van der Waals surface area (Å²) in [6, 6.07) is 17.5. The molecule has 3 aromatic rings. The van der Waals surface area contributed by atoms with Gasteiger partial charge in [-0.15, -0.1) is 0 Å². The van der Waals surface area contributed by atoms with E-state index in [-0.39, 0.29) is 30.2 Å². The predicted octanol–water partition coefficient (Wildman–Crippen LogP) is 3.89. The number of anilines is 1. The molecule has 2 aromatic carbocycles. The molecule has 0 saturated heterocycles. The van der Waals surface area contributed by atoms with Crippen LogP contribution >= 0.6 is 15.9 Å². The molecule has 7 nitrogen and oxygen atoms in total. The Morgan fingerprint density at radius 3 is 2.57 bits per heavy atom. The maximum atomic E-state index is 12.8. The van der Waals surface area contributed by atoms with Gasteiger partial charge in [0.15, 0.2) is 21.9 Å². The van der Waals surface area contributed by atoms with Gasteiger partial charge in [0, 0.05) is 7.05 Å². The number of benzene rings is 2. The van der Waals surface area contributed by atoms with Crippen molar-refractivity contribution in [3.8, 4) is 11.5 Å². The molecule has 1 atom stereocenters. The molecule has 2 heterocycles. The summed E-state index contributed by atoms with van der Waals surface area (Å²) in [5.74, 6) is 0.842. The van der Waals surface area contributed by atoms with Crippen molar-refractivity contribution in [2.45, 2.75) is 6.10 Å². The van der Waals surface area contributed by atoms with E-state index in [1.807, 2.05) is 24.3 Å². The highest BCUT2D eigenvalue weighted by atomic mass is 79.9. The van der Waals surface area contributed by atoms with Crippen LogP contribution in [-0.2, 0) is 0 Å². The third kappa shape index (κ3) is 4.18. The predicted molar refractivity (Wildman–Crippen MR) is 114 cm³/mol. The first-order valence-corrected chi connectivity index (χ1v) is 10.1. The van der Waals surface area contributed by atoms with Crippen LogP contribution < -0.4 is 19.7 Å². The van der Waals surface area contributed by atoms with Crippen molar-refractivity contribution in [2.75, 3.05) is 25.1 Å². The SMILES string of the molecule is CN(C(=O)c1ccc(Br)o1)c1ccccc1C(=O)NCC1COc2ccccc2O1. The molecule has 1 N–H and O–H groups in total. The van der Waals surface area contributed by atoms with E-state index in [0.717, 1.165) is 0 Å². The van der Waals surface area contributed by atoms with Crippen LogP contribution in [0.25, 0.3) is 0 Å². The van der Waals surface area contributed by atoms with Gasteiger partial charge in [-0.05, 0) is 52.3 Å². The number of carbonyl (C=O) groups excluding carboxylic acids is 2. The molecule has 1 aliphatic rings. The van der Waals surface area contributed by atoms with Crippen LogP contribution in [0.5, 0.6) is 11.5 Å². The average molecular weight is 471 g/mol. The van der Waals surface area contributed by atoms with Crippen molar-refractivity contribution in [1.82, 2.24) is 5.32 Å². The fourth-order valence-corrected chi connectivity index (χ4v) is 3.43. The minimum atomic E-state index is -0.360. The molecule has 8 heteroatoms. The molecular weight excluding hydrogens is 452 g/mol. The van der Waals surface area contributed by atoms with Gasteiger partial charge in [-0.1, -0.05) is 24.3 Å². The van der Waals surface area contributed by atoms with Crippen LogP contribution in [0.1, 0.15) is 20.9 Å². The first-order chi connectivity index (χ1) is 14.5. The molecule has 154 valence electrons. The zero-order valence-electron chi connectivity index (χ0n) is 16.1. The van der Waals surface area contributed by atoms with Gasteiger partial charge in [0.25, 0.3) is 11.8 Å². The van der Waals surface area contributed by atoms with Gasteiger partial charge in [0.05, 0.1) is 17.8 Å². The van der Waals surface area contributed by atoms with Gasteiger partial charge in [-0.25, -0.2) is 0 Å². The van der Waals surface area contributed by atoms with Crippen molar-refractivity contribution in [3.63, 3.8) is 0 Å². The highest BCUT2D eigenvalue weighted by Crippen LogP contribution is 2.30. The summed E-state index contributed by atoms with van der Waals surface area (Å²) in [6.45, 7) is 0.606. The molecule has 2 amide bonds. The number of furan rings is 1. The Kier molecular flexibility index (Phi) is 5.76. The Morgan fingerprint density at radius 2 is 1.80 bits per heavy atom. The standard InChI is InChI=1S/C22H19BrN2O5/c1-25(22(27)19-10-11-20(23)30-19)16-7-3-2-6-15(16)21(26)24-12-14-13-28-17-8-4-5-9-18(17)29-14/h2-11,14H,12-13H2,1H3,(H,24,26). The van der Waals surface area contributed by atoms with Crippen molar-refractivity contribution in [2.24, 2.45) is 0 Å². The molecule has 30 heavy (non-hydrogen) atoms. The molecule has 1 aliphatic heterocycles. The smallest absolute Gasteiger partial charge is 0.293 e. The number of rotatable bonds is 5. The van der Waals surface area contributed by atoms with Crippen LogP contribution in [0.15, 0.2) is 69.8 Å². The number of nitrogens with zero attached hydrogens (tertiary/aromatic N) is 1. The molecule has 0 radical (unpaired) electrons. The minimum absolute atomic E-state index is 0.172. The van der Waals surface area contributed by atoms with E-state index in [1.54, 1.807) is 43.4 Å². The average Bonchev–Trinajstić information content (AvgIpc) is 3.22. The number of nitrogens with one attached hydrogen (secondary N) is 1. The van der Waals surface area contributed by atoms with Crippen LogP contribution in [0.4, 0.5) is 5.69 Å². The zero-order chi connectivity index (χ0) is 21.1. The molecule has 4 rings (SSSR count). The Balaban J connectivity index is 1.44. The Labute approximate surface area is 181 Å². The Morgan fingerprint density at radius 1 is 1.07 bits per heavy atom. The lowest BCUT2D eigenvalue weighted by atomic mass is 10.1. The third-order valence-electron chi connectivity index (χ3n) is 4.66. The third-order valence-corrected chi connectivity index (χ3v) is 5.08. The summed E-state index contributed by atoms with van der Waals surface area (Å²) in [5, 5.41) is 2.86. The molecule has 0 saturated carbocycles. The second kappa shape index (κ2) is 8.62. The molecule has 0 bridgehead atoms. The zero-order valence-corrected chi connectivity index (χ0v) is 17.7. The monoisotopic (exact) mass is 470 g/mol. The van der Waals surface area contributed by atoms with Gasteiger partial charge < -0.3 is 24.1 Å². The lowest BCUT2D eigenvalue weighted by Crippen LogP contribution is -2.41. The van der Waals surface area contributed by atoms with Gasteiger partial charge in [-0.3, -0.25) is 9.59 Å². The number of halogens is 1. The summed E-state index contributed by atoms with van der Waals surface area (Å²) in [7, 11) is 1.60.